The number of carbonyl (C=O) groups excluding carboxylic acids is 1. The van der Waals surface area contributed by atoms with E-state index in [0.29, 0.717) is 19.0 Å². The molecule has 0 bridgehead atoms. The summed E-state index contributed by atoms with van der Waals surface area (Å²) in [6.07, 6.45) is 2.92. The quantitative estimate of drug-likeness (QED) is 0.848. The summed E-state index contributed by atoms with van der Waals surface area (Å²) >= 11 is 0. The number of hydrogen-bond donors (Lipinski definition) is 2. The lowest BCUT2D eigenvalue weighted by Crippen LogP contribution is -2.46. The zero-order chi connectivity index (χ0) is 15.9. The maximum atomic E-state index is 12.1. The van der Waals surface area contributed by atoms with Gasteiger partial charge in [-0.2, -0.15) is 0 Å². The number of carbonyl (C=O) groups is 1. The van der Waals surface area contributed by atoms with E-state index in [4.69, 9.17) is 5.73 Å². The number of hydrogen-bond acceptors (Lipinski definition) is 3. The largest absolute Gasteiger partial charge is 0.354 e. The lowest BCUT2D eigenvalue weighted by atomic mass is 9.99. The predicted octanol–water partition coefficient (Wildman–Crippen LogP) is 2.31. The van der Waals surface area contributed by atoms with Gasteiger partial charge in [-0.15, -0.1) is 0 Å². The number of rotatable bonds is 6. The van der Waals surface area contributed by atoms with E-state index < -0.39 is 0 Å². The lowest BCUT2D eigenvalue weighted by Gasteiger charge is -2.35. The minimum Gasteiger partial charge on any atom is -0.354 e. The van der Waals surface area contributed by atoms with Gasteiger partial charge in [-0.05, 0) is 37.8 Å². The van der Waals surface area contributed by atoms with Crippen molar-refractivity contribution in [3.05, 3.63) is 35.9 Å². The van der Waals surface area contributed by atoms with Crippen LogP contribution in [0, 0.1) is 5.92 Å². The van der Waals surface area contributed by atoms with Crippen molar-refractivity contribution in [2.45, 2.75) is 45.2 Å². The van der Waals surface area contributed by atoms with E-state index in [2.05, 4.69) is 24.1 Å². The van der Waals surface area contributed by atoms with Gasteiger partial charge in [0.15, 0.2) is 0 Å². The van der Waals surface area contributed by atoms with Gasteiger partial charge >= 0.3 is 0 Å². The molecule has 0 spiro atoms. The topological polar surface area (TPSA) is 58.4 Å². The molecule has 4 nitrogen and oxygen atoms in total. The minimum atomic E-state index is -0.230. The van der Waals surface area contributed by atoms with Gasteiger partial charge in [0.25, 0.3) is 0 Å². The van der Waals surface area contributed by atoms with E-state index in [1.807, 2.05) is 30.3 Å². The van der Waals surface area contributed by atoms with Crippen LogP contribution >= 0.6 is 0 Å². The first-order valence-electron chi connectivity index (χ1n) is 8.37. The molecule has 0 radical (unpaired) electrons. The van der Waals surface area contributed by atoms with E-state index in [0.717, 1.165) is 24.6 Å². The standard InChI is InChI=1S/C18H29N3O/c1-14-7-6-10-21(13-14)15(2)12-20-18(22)11-17(19)16-8-4-3-5-9-16/h3-5,8-9,14-15,17H,6-7,10-13,19H2,1-2H3,(H,20,22). The van der Waals surface area contributed by atoms with Crippen LogP contribution in [0.4, 0.5) is 0 Å². The van der Waals surface area contributed by atoms with E-state index >= 15 is 0 Å². The second-order valence-electron chi connectivity index (χ2n) is 6.62. The molecule has 1 aromatic carbocycles. The third-order valence-corrected chi connectivity index (χ3v) is 4.54. The van der Waals surface area contributed by atoms with Crippen LogP contribution in [0.3, 0.4) is 0 Å². The van der Waals surface area contributed by atoms with Crippen LogP contribution in [0.5, 0.6) is 0 Å². The highest BCUT2D eigenvalue weighted by Crippen LogP contribution is 2.17. The Morgan fingerprint density at radius 2 is 2.14 bits per heavy atom. The molecule has 1 saturated heterocycles. The van der Waals surface area contributed by atoms with Crippen LogP contribution in [-0.4, -0.2) is 36.5 Å². The number of piperidine rings is 1. The Morgan fingerprint density at radius 3 is 2.82 bits per heavy atom. The summed E-state index contributed by atoms with van der Waals surface area (Å²) in [4.78, 5) is 14.5. The summed E-state index contributed by atoms with van der Waals surface area (Å²) in [6, 6.07) is 9.95. The maximum Gasteiger partial charge on any atom is 0.221 e. The van der Waals surface area contributed by atoms with Crippen LogP contribution in [-0.2, 0) is 4.79 Å². The van der Waals surface area contributed by atoms with Crippen molar-refractivity contribution in [1.29, 1.82) is 0 Å². The Balaban J connectivity index is 1.73. The fourth-order valence-corrected chi connectivity index (χ4v) is 3.11. The molecule has 1 aliphatic heterocycles. The molecule has 0 aliphatic carbocycles. The predicted molar refractivity (Wildman–Crippen MR) is 90.4 cm³/mol. The van der Waals surface area contributed by atoms with Gasteiger partial charge in [-0.3, -0.25) is 9.69 Å². The van der Waals surface area contributed by atoms with Crippen molar-refractivity contribution in [1.82, 2.24) is 10.2 Å². The number of nitrogens with two attached hydrogens (primary N) is 1. The third-order valence-electron chi connectivity index (χ3n) is 4.54. The van der Waals surface area contributed by atoms with E-state index in [1.54, 1.807) is 0 Å². The summed E-state index contributed by atoms with van der Waals surface area (Å²) in [5, 5.41) is 3.03. The smallest absolute Gasteiger partial charge is 0.221 e. The highest BCUT2D eigenvalue weighted by Gasteiger charge is 2.21. The first kappa shape index (κ1) is 17.0. The summed E-state index contributed by atoms with van der Waals surface area (Å²) < 4.78 is 0. The lowest BCUT2D eigenvalue weighted by molar-refractivity contribution is -0.121. The molecule has 0 aromatic heterocycles. The summed E-state index contributed by atoms with van der Waals surface area (Å²) in [5.41, 5.74) is 7.10. The summed E-state index contributed by atoms with van der Waals surface area (Å²) in [5.74, 6) is 0.798. The van der Waals surface area contributed by atoms with Crippen LogP contribution in [0.1, 0.15) is 44.7 Å². The maximum absolute atomic E-state index is 12.1. The van der Waals surface area contributed by atoms with Gasteiger partial charge in [0.1, 0.15) is 0 Å². The molecule has 3 unspecified atom stereocenters. The van der Waals surface area contributed by atoms with E-state index in [1.165, 1.54) is 12.8 Å². The first-order valence-corrected chi connectivity index (χ1v) is 8.37. The van der Waals surface area contributed by atoms with Crippen LogP contribution in [0.25, 0.3) is 0 Å². The van der Waals surface area contributed by atoms with Crippen molar-refractivity contribution in [3.63, 3.8) is 0 Å². The normalized spacial score (nSPS) is 22.0. The molecule has 1 amide bonds. The van der Waals surface area contributed by atoms with Crippen molar-refractivity contribution in [2.24, 2.45) is 11.7 Å². The average molecular weight is 303 g/mol. The van der Waals surface area contributed by atoms with Gasteiger partial charge in [0, 0.05) is 31.6 Å². The van der Waals surface area contributed by atoms with Crippen LogP contribution in [0.15, 0.2) is 30.3 Å². The zero-order valence-electron chi connectivity index (χ0n) is 13.8. The molecule has 3 N–H and O–H groups in total. The Hall–Kier alpha value is -1.39. The zero-order valence-corrected chi connectivity index (χ0v) is 13.8. The van der Waals surface area contributed by atoms with Crippen molar-refractivity contribution < 1.29 is 4.79 Å². The molecule has 1 fully saturated rings. The number of amides is 1. The minimum absolute atomic E-state index is 0.0354. The number of nitrogens with one attached hydrogen (secondary N) is 1. The molecule has 3 atom stereocenters. The van der Waals surface area contributed by atoms with Gasteiger partial charge in [-0.1, -0.05) is 37.3 Å². The molecule has 22 heavy (non-hydrogen) atoms. The first-order chi connectivity index (χ1) is 10.6. The summed E-state index contributed by atoms with van der Waals surface area (Å²) in [6.45, 7) is 7.48. The third kappa shape index (κ3) is 5.11. The fourth-order valence-electron chi connectivity index (χ4n) is 3.11. The summed E-state index contributed by atoms with van der Waals surface area (Å²) in [7, 11) is 0. The van der Waals surface area contributed by atoms with Crippen molar-refractivity contribution in [2.75, 3.05) is 19.6 Å². The van der Waals surface area contributed by atoms with Gasteiger partial charge in [0.2, 0.25) is 5.91 Å². The molecular formula is C18H29N3O. The van der Waals surface area contributed by atoms with Gasteiger partial charge in [-0.25, -0.2) is 0 Å². The molecule has 2 rings (SSSR count). The molecule has 0 saturated carbocycles. The molecular weight excluding hydrogens is 274 g/mol. The highest BCUT2D eigenvalue weighted by atomic mass is 16.1. The molecule has 4 heteroatoms. The molecule has 1 heterocycles. The van der Waals surface area contributed by atoms with Crippen LogP contribution in [0.2, 0.25) is 0 Å². The van der Waals surface area contributed by atoms with E-state index in [-0.39, 0.29) is 11.9 Å². The number of benzene rings is 1. The highest BCUT2D eigenvalue weighted by molar-refractivity contribution is 5.76. The Labute approximate surface area is 134 Å². The Morgan fingerprint density at radius 1 is 1.41 bits per heavy atom. The van der Waals surface area contributed by atoms with Crippen molar-refractivity contribution in [3.8, 4) is 0 Å². The second-order valence-corrected chi connectivity index (χ2v) is 6.62. The second kappa shape index (κ2) is 8.30. The molecule has 122 valence electrons. The number of likely N-dealkylation sites (tertiary alicyclic amines) is 1. The monoisotopic (exact) mass is 303 g/mol. The van der Waals surface area contributed by atoms with E-state index in [9.17, 15) is 4.79 Å². The fraction of sp³-hybridized carbons (Fsp3) is 0.611. The molecule has 1 aromatic rings. The number of nitrogens with zero attached hydrogens (tertiary/aromatic N) is 1. The molecule has 1 aliphatic rings. The van der Waals surface area contributed by atoms with Gasteiger partial charge in [0.05, 0.1) is 0 Å². The average Bonchev–Trinajstić information content (AvgIpc) is 2.53. The Bertz CT molecular complexity index is 463. The van der Waals surface area contributed by atoms with Crippen molar-refractivity contribution >= 4 is 5.91 Å². The SMILES string of the molecule is CC1CCCN(C(C)CNC(=O)CC(N)c2ccccc2)C1. The Kier molecular flexibility index (Phi) is 6.40. The van der Waals surface area contributed by atoms with Gasteiger partial charge < -0.3 is 11.1 Å². The van der Waals surface area contributed by atoms with Crippen LogP contribution < -0.4 is 11.1 Å².